The molecule has 34 heteroatoms. The average Bonchev–Trinajstić information content (AvgIpc) is 4.03. The fourth-order valence-electron chi connectivity index (χ4n) is 8.01. The lowest BCUT2D eigenvalue weighted by molar-refractivity contribution is -0.144. The molecule has 0 aromatic heterocycles. The van der Waals surface area contributed by atoms with E-state index >= 15 is 0 Å². The van der Waals surface area contributed by atoms with E-state index in [4.69, 9.17) is 11.5 Å². The Bertz CT molecular complexity index is 2160. The third-order valence-electron chi connectivity index (χ3n) is 12.3. The van der Waals surface area contributed by atoms with Crippen LogP contribution in [0.1, 0.15) is 116 Å². The Morgan fingerprint density at radius 1 is 0.388 bits per heavy atom. The number of amides is 10. The van der Waals surface area contributed by atoms with Crippen molar-refractivity contribution in [2.75, 3.05) is 13.1 Å². The van der Waals surface area contributed by atoms with Crippen molar-refractivity contribution in [3.05, 3.63) is 0 Å². The zero-order chi connectivity index (χ0) is 60.2. The van der Waals surface area contributed by atoms with Crippen LogP contribution in [0.25, 0.3) is 0 Å². The molecule has 2 heterocycles. The topological polar surface area (TPSA) is 567 Å². The largest absolute Gasteiger partial charge is 0.481 e. The molecular weight excluding hydrogens is 1070 g/mol. The van der Waals surface area contributed by atoms with Gasteiger partial charge in [-0.1, -0.05) is 0 Å². The SMILES string of the molecule is NCCCC[C@H](NC(=O)[C@H](CC[C@H](NC(=O)[C@H](CC(=O)O)NC(=O)[C@H](CCC(=O)O)NC(=O)[C@@H]1CCC(=O)N1)C(=O)N[C@@H](CCCCN)C(=O)O)NC(=O)[C@H](CC(=O)O)NC(=O)[C@H](CCC(=O)O)NC(=O)[C@@H]1CCC(=O)N1)C(=O)O. The summed E-state index contributed by atoms with van der Waals surface area (Å²) >= 11 is 0. The number of carbonyl (C=O) groups excluding carboxylic acids is 10. The van der Waals surface area contributed by atoms with Crippen LogP contribution < -0.4 is 64.6 Å². The number of carbonyl (C=O) groups is 16. The number of carboxylic acid groups (broad SMARTS) is 6. The van der Waals surface area contributed by atoms with E-state index in [-0.39, 0.29) is 77.3 Å². The Morgan fingerprint density at radius 2 is 0.675 bits per heavy atom. The number of carboxylic acids is 6. The molecule has 0 aliphatic carbocycles. The molecule has 2 rings (SSSR count). The summed E-state index contributed by atoms with van der Waals surface area (Å²) < 4.78 is 0. The molecule has 2 aliphatic heterocycles. The fraction of sp³-hybridized carbons (Fsp3) is 0.652. The lowest BCUT2D eigenvalue weighted by Gasteiger charge is -2.28. The summed E-state index contributed by atoms with van der Waals surface area (Å²) in [5, 5.41) is 80.2. The van der Waals surface area contributed by atoms with E-state index in [2.05, 4.69) is 53.2 Å². The quantitative estimate of drug-likeness (QED) is 0.0254. The van der Waals surface area contributed by atoms with Crippen molar-refractivity contribution in [2.24, 2.45) is 11.5 Å². The molecule has 0 bridgehead atoms. The Labute approximate surface area is 455 Å². The molecule has 0 saturated carbocycles. The standard InChI is InChI=1S/C46H70N12O22/c47-17-3-1-5-27(45(77)78)55-39(71)23(53-43(75)29(19-35(65)66)57-41(73)25(11-15-33(61)62)51-37(69)21-9-13-31(59)49-21)7-8-24(40(72)56-28(46(79)80)6-2-4-18-48)54-44(76)30(20-36(67)68)58-42(74)26(12-16-34(63)64)52-38(70)22-10-14-32(60)50-22/h21-30H,1-20,47-48H2,(H,49,59)(H,50,60)(H,51,69)(H,52,70)(H,53,75)(H,54,76)(H,55,71)(H,56,72)(H,57,73)(H,58,74)(H,61,62)(H,63,64)(H,65,66)(H,67,68)(H,77,78)(H,79,80)/t21-,22-,23-,24-,25-,26-,27-,28-,29-,30-/m0/s1. The van der Waals surface area contributed by atoms with Gasteiger partial charge < -0.3 is 95.3 Å². The van der Waals surface area contributed by atoms with E-state index in [1.54, 1.807) is 0 Å². The van der Waals surface area contributed by atoms with Gasteiger partial charge in [-0.25, -0.2) is 9.59 Å². The third kappa shape index (κ3) is 24.8. The molecule has 2 aliphatic rings. The lowest BCUT2D eigenvalue weighted by Crippen LogP contribution is -2.60. The number of unbranched alkanes of at least 4 members (excludes halogenated alkanes) is 2. The van der Waals surface area contributed by atoms with Gasteiger partial charge in [0.05, 0.1) is 12.8 Å². The number of hydrogen-bond donors (Lipinski definition) is 18. The van der Waals surface area contributed by atoms with E-state index in [9.17, 15) is 107 Å². The van der Waals surface area contributed by atoms with Crippen LogP contribution in [-0.2, 0) is 76.7 Å². The summed E-state index contributed by atoms with van der Waals surface area (Å²) in [6, 6.07) is -17.8. The summed E-state index contributed by atoms with van der Waals surface area (Å²) in [7, 11) is 0. The van der Waals surface area contributed by atoms with Crippen molar-refractivity contribution in [3.63, 3.8) is 0 Å². The molecule has 0 aromatic rings. The highest BCUT2D eigenvalue weighted by Crippen LogP contribution is 2.14. The van der Waals surface area contributed by atoms with Crippen LogP contribution in [0.4, 0.5) is 0 Å². The van der Waals surface area contributed by atoms with Crippen LogP contribution in [0.5, 0.6) is 0 Å². The molecule has 10 atom stereocenters. The second-order valence-electron chi connectivity index (χ2n) is 18.7. The van der Waals surface area contributed by atoms with Gasteiger partial charge >= 0.3 is 35.8 Å². The molecule has 0 radical (unpaired) electrons. The minimum Gasteiger partial charge on any atom is -0.481 e. The van der Waals surface area contributed by atoms with E-state index in [0.29, 0.717) is 0 Å². The highest BCUT2D eigenvalue weighted by atomic mass is 16.4. The van der Waals surface area contributed by atoms with E-state index in [1.807, 2.05) is 0 Å². The predicted molar refractivity (Wildman–Crippen MR) is 266 cm³/mol. The number of nitrogens with two attached hydrogens (primary N) is 2. The second kappa shape index (κ2) is 34.3. The first-order valence-electron chi connectivity index (χ1n) is 25.4. The zero-order valence-corrected chi connectivity index (χ0v) is 43.3. The molecule has 0 aromatic carbocycles. The predicted octanol–water partition coefficient (Wildman–Crippen LogP) is -6.69. The minimum absolute atomic E-state index is 0.0105. The van der Waals surface area contributed by atoms with E-state index in [1.165, 1.54) is 0 Å². The van der Waals surface area contributed by atoms with Gasteiger partial charge in [-0.2, -0.15) is 0 Å². The average molecular weight is 1140 g/mol. The second-order valence-corrected chi connectivity index (χ2v) is 18.7. The summed E-state index contributed by atoms with van der Waals surface area (Å²) in [5.74, 6) is -20.8. The monoisotopic (exact) mass is 1140 g/mol. The van der Waals surface area contributed by atoms with Crippen LogP contribution in [0.3, 0.4) is 0 Å². The number of aliphatic carboxylic acids is 6. The first-order valence-corrected chi connectivity index (χ1v) is 25.4. The van der Waals surface area contributed by atoms with Gasteiger partial charge in [0.15, 0.2) is 0 Å². The van der Waals surface area contributed by atoms with Crippen LogP contribution >= 0.6 is 0 Å². The number of rotatable bonds is 39. The van der Waals surface area contributed by atoms with Crippen molar-refractivity contribution in [3.8, 4) is 0 Å². The number of hydrogen-bond acceptors (Lipinski definition) is 18. The Balaban J connectivity index is 2.66. The molecule has 10 amide bonds. The smallest absolute Gasteiger partial charge is 0.326 e. The number of nitrogens with one attached hydrogen (secondary N) is 10. The Hall–Kier alpha value is -8.56. The zero-order valence-electron chi connectivity index (χ0n) is 43.3. The molecule has 34 nitrogen and oxygen atoms in total. The van der Waals surface area contributed by atoms with Gasteiger partial charge in [-0.15, -0.1) is 0 Å². The van der Waals surface area contributed by atoms with Crippen LogP contribution in [0.15, 0.2) is 0 Å². The summed E-state index contributed by atoms with van der Waals surface area (Å²) in [4.78, 5) is 205. The molecule has 2 saturated heterocycles. The van der Waals surface area contributed by atoms with Gasteiger partial charge in [0, 0.05) is 25.7 Å². The highest BCUT2D eigenvalue weighted by molar-refractivity contribution is 6.00. The highest BCUT2D eigenvalue weighted by Gasteiger charge is 2.38. The van der Waals surface area contributed by atoms with Gasteiger partial charge in [0.1, 0.15) is 60.4 Å². The Kier molecular flexibility index (Phi) is 29.0. The summed E-state index contributed by atoms with van der Waals surface area (Å²) in [6.07, 6.45) is -6.91. The minimum atomic E-state index is -2.18. The fourth-order valence-corrected chi connectivity index (χ4v) is 8.01. The van der Waals surface area contributed by atoms with Gasteiger partial charge in [0.2, 0.25) is 59.1 Å². The van der Waals surface area contributed by atoms with Gasteiger partial charge in [-0.3, -0.25) is 67.1 Å². The van der Waals surface area contributed by atoms with Crippen molar-refractivity contribution in [2.45, 2.75) is 176 Å². The van der Waals surface area contributed by atoms with Gasteiger partial charge in [0.25, 0.3) is 0 Å². The molecule has 2 fully saturated rings. The van der Waals surface area contributed by atoms with E-state index in [0.717, 1.165) is 0 Å². The van der Waals surface area contributed by atoms with Gasteiger partial charge in [-0.05, 0) is 90.1 Å². The van der Waals surface area contributed by atoms with Crippen LogP contribution in [0, 0.1) is 0 Å². The molecule has 446 valence electrons. The van der Waals surface area contributed by atoms with Crippen molar-refractivity contribution in [1.29, 1.82) is 0 Å². The van der Waals surface area contributed by atoms with Crippen molar-refractivity contribution < 1.29 is 107 Å². The van der Waals surface area contributed by atoms with E-state index < -0.39 is 207 Å². The summed E-state index contributed by atoms with van der Waals surface area (Å²) in [5.41, 5.74) is 11.1. The van der Waals surface area contributed by atoms with Crippen molar-refractivity contribution >= 4 is 94.9 Å². The molecular formula is C46H70N12O22. The lowest BCUT2D eigenvalue weighted by atomic mass is 10.0. The third-order valence-corrected chi connectivity index (χ3v) is 12.3. The Morgan fingerprint density at radius 3 is 0.938 bits per heavy atom. The normalized spacial score (nSPS) is 17.6. The molecule has 0 unspecified atom stereocenters. The molecule has 80 heavy (non-hydrogen) atoms. The van der Waals surface area contributed by atoms with Crippen molar-refractivity contribution in [1.82, 2.24) is 53.2 Å². The van der Waals surface area contributed by atoms with Crippen LogP contribution in [-0.4, -0.2) is 199 Å². The maximum atomic E-state index is 14.1. The maximum absolute atomic E-state index is 14.1. The summed E-state index contributed by atoms with van der Waals surface area (Å²) in [6.45, 7) is 0.220. The molecule has 20 N–H and O–H groups in total. The first-order chi connectivity index (χ1) is 37.6. The molecule has 0 spiro atoms. The maximum Gasteiger partial charge on any atom is 0.326 e. The van der Waals surface area contributed by atoms with Crippen LogP contribution in [0.2, 0.25) is 0 Å². The first kappa shape index (κ1) is 67.5.